The standard InChI is InChI=1S/C5H10O2/c1-2-3-5(7)4-6/h4,6-7H,2-3H2,1H3. The summed E-state index contributed by atoms with van der Waals surface area (Å²) < 4.78 is 0. The predicted molar refractivity (Wildman–Crippen MR) is 28.2 cm³/mol. The lowest BCUT2D eigenvalue weighted by molar-refractivity contribution is 0.343. The lowest BCUT2D eigenvalue weighted by Gasteiger charge is -1.89. The number of hydrogen-bond donors (Lipinski definition) is 2. The zero-order chi connectivity index (χ0) is 5.70. The van der Waals surface area contributed by atoms with Gasteiger partial charge in [-0.1, -0.05) is 6.92 Å². The van der Waals surface area contributed by atoms with Crippen LogP contribution in [0.3, 0.4) is 0 Å². The molecule has 0 aliphatic heterocycles. The maximum Gasteiger partial charge on any atom is 0.126 e. The molecular formula is C5H10O2. The fourth-order valence-electron chi connectivity index (χ4n) is 0.321. The maximum atomic E-state index is 8.47. The van der Waals surface area contributed by atoms with Crippen LogP contribution in [0.15, 0.2) is 12.0 Å². The van der Waals surface area contributed by atoms with Crippen LogP contribution < -0.4 is 0 Å². The van der Waals surface area contributed by atoms with E-state index in [0.717, 1.165) is 12.7 Å². The molecular weight excluding hydrogens is 92.1 g/mol. The Kier molecular flexibility index (Phi) is 3.19. The number of rotatable bonds is 2. The van der Waals surface area contributed by atoms with Gasteiger partial charge in [0.15, 0.2) is 0 Å². The van der Waals surface area contributed by atoms with E-state index in [9.17, 15) is 0 Å². The van der Waals surface area contributed by atoms with Crippen LogP contribution in [-0.2, 0) is 0 Å². The fraction of sp³-hybridized carbons (Fsp3) is 0.600. The molecule has 0 aromatic carbocycles. The third kappa shape index (κ3) is 3.16. The second-order valence-corrected chi connectivity index (χ2v) is 1.37. The molecule has 42 valence electrons. The third-order valence-corrected chi connectivity index (χ3v) is 0.655. The minimum atomic E-state index is 0.0579. The molecule has 0 aliphatic rings. The van der Waals surface area contributed by atoms with Crippen LogP contribution in [0.4, 0.5) is 0 Å². The van der Waals surface area contributed by atoms with Crippen molar-refractivity contribution in [1.82, 2.24) is 0 Å². The van der Waals surface area contributed by atoms with E-state index in [1.807, 2.05) is 6.92 Å². The highest BCUT2D eigenvalue weighted by Crippen LogP contribution is 1.96. The first-order valence-corrected chi connectivity index (χ1v) is 2.33. The van der Waals surface area contributed by atoms with E-state index in [4.69, 9.17) is 10.2 Å². The van der Waals surface area contributed by atoms with Crippen LogP contribution in [0.1, 0.15) is 19.8 Å². The van der Waals surface area contributed by atoms with Crippen molar-refractivity contribution in [1.29, 1.82) is 0 Å². The first-order chi connectivity index (χ1) is 3.31. The Morgan fingerprint density at radius 3 is 2.43 bits per heavy atom. The van der Waals surface area contributed by atoms with Gasteiger partial charge in [0.25, 0.3) is 0 Å². The van der Waals surface area contributed by atoms with Crippen LogP contribution in [0, 0.1) is 0 Å². The van der Waals surface area contributed by atoms with Gasteiger partial charge in [0.2, 0.25) is 0 Å². The molecule has 0 unspecified atom stereocenters. The molecule has 0 heterocycles. The molecule has 0 aromatic rings. The maximum absolute atomic E-state index is 8.47. The minimum absolute atomic E-state index is 0.0579. The molecule has 0 amide bonds. The normalized spacial score (nSPS) is 11.9. The first kappa shape index (κ1) is 6.34. The van der Waals surface area contributed by atoms with Gasteiger partial charge in [-0.25, -0.2) is 0 Å². The highest BCUT2D eigenvalue weighted by Gasteiger charge is 1.85. The van der Waals surface area contributed by atoms with E-state index in [1.54, 1.807) is 0 Å². The molecule has 0 fully saturated rings. The SMILES string of the molecule is CCCC(O)=CO. The van der Waals surface area contributed by atoms with Crippen molar-refractivity contribution in [2.75, 3.05) is 0 Å². The number of aliphatic hydroxyl groups excluding tert-OH is 2. The van der Waals surface area contributed by atoms with Crippen molar-refractivity contribution < 1.29 is 10.2 Å². The van der Waals surface area contributed by atoms with E-state index < -0.39 is 0 Å². The number of aliphatic hydroxyl groups is 2. The molecule has 0 aromatic heterocycles. The average molecular weight is 102 g/mol. The smallest absolute Gasteiger partial charge is 0.126 e. The van der Waals surface area contributed by atoms with Crippen LogP contribution in [0.2, 0.25) is 0 Å². The Hall–Kier alpha value is -0.660. The quantitative estimate of drug-likeness (QED) is 0.521. The lowest BCUT2D eigenvalue weighted by atomic mass is 10.3. The molecule has 0 atom stereocenters. The molecule has 2 N–H and O–H groups in total. The Labute approximate surface area is 43.1 Å². The molecule has 0 radical (unpaired) electrons. The van der Waals surface area contributed by atoms with Crippen molar-refractivity contribution in [2.24, 2.45) is 0 Å². The van der Waals surface area contributed by atoms with E-state index >= 15 is 0 Å². The van der Waals surface area contributed by atoms with E-state index in [2.05, 4.69) is 0 Å². The van der Waals surface area contributed by atoms with Crippen molar-refractivity contribution in [3.05, 3.63) is 12.0 Å². The summed E-state index contributed by atoms with van der Waals surface area (Å²) in [6.07, 6.45) is 2.16. The van der Waals surface area contributed by atoms with Gasteiger partial charge in [-0.3, -0.25) is 0 Å². The molecule has 0 saturated heterocycles. The minimum Gasteiger partial charge on any atom is -0.512 e. The molecule has 2 heteroatoms. The predicted octanol–water partition coefficient (Wildman–Crippen LogP) is 1.74. The summed E-state index contributed by atoms with van der Waals surface area (Å²) >= 11 is 0. The average Bonchev–Trinajstić information content (AvgIpc) is 1.68. The topological polar surface area (TPSA) is 40.5 Å². The highest BCUT2D eigenvalue weighted by molar-refractivity contribution is 4.81. The summed E-state index contributed by atoms with van der Waals surface area (Å²) in [6.45, 7) is 1.93. The summed E-state index contributed by atoms with van der Waals surface area (Å²) in [5, 5.41) is 16.5. The Morgan fingerprint density at radius 1 is 1.71 bits per heavy atom. The van der Waals surface area contributed by atoms with Crippen LogP contribution in [-0.4, -0.2) is 10.2 Å². The molecule has 0 rings (SSSR count). The molecule has 0 bridgehead atoms. The van der Waals surface area contributed by atoms with Crippen LogP contribution in [0.25, 0.3) is 0 Å². The molecule has 2 nitrogen and oxygen atoms in total. The lowest BCUT2D eigenvalue weighted by Crippen LogP contribution is -1.76. The van der Waals surface area contributed by atoms with Gasteiger partial charge in [-0.15, -0.1) is 0 Å². The Bertz CT molecular complexity index is 66.5. The summed E-state index contributed by atoms with van der Waals surface area (Å²) in [5.41, 5.74) is 0. The van der Waals surface area contributed by atoms with Crippen molar-refractivity contribution in [3.8, 4) is 0 Å². The van der Waals surface area contributed by atoms with Gasteiger partial charge in [0.1, 0.15) is 12.0 Å². The highest BCUT2D eigenvalue weighted by atomic mass is 16.3. The largest absolute Gasteiger partial charge is 0.512 e. The zero-order valence-electron chi connectivity index (χ0n) is 4.39. The first-order valence-electron chi connectivity index (χ1n) is 2.33. The van der Waals surface area contributed by atoms with E-state index in [-0.39, 0.29) is 5.76 Å². The second-order valence-electron chi connectivity index (χ2n) is 1.37. The van der Waals surface area contributed by atoms with Gasteiger partial charge >= 0.3 is 0 Å². The van der Waals surface area contributed by atoms with Crippen molar-refractivity contribution in [2.45, 2.75) is 19.8 Å². The summed E-state index contributed by atoms with van der Waals surface area (Å²) in [6, 6.07) is 0. The second kappa shape index (κ2) is 3.53. The van der Waals surface area contributed by atoms with Gasteiger partial charge < -0.3 is 10.2 Å². The summed E-state index contributed by atoms with van der Waals surface area (Å²) in [5.74, 6) is 0.0579. The third-order valence-electron chi connectivity index (χ3n) is 0.655. The summed E-state index contributed by atoms with van der Waals surface area (Å²) in [7, 11) is 0. The van der Waals surface area contributed by atoms with Crippen LogP contribution in [0.5, 0.6) is 0 Å². The Balaban J connectivity index is 3.17. The number of allylic oxidation sites excluding steroid dienone is 1. The monoisotopic (exact) mass is 102 g/mol. The Morgan fingerprint density at radius 2 is 2.29 bits per heavy atom. The molecule has 7 heavy (non-hydrogen) atoms. The molecule has 0 saturated carbocycles. The van der Waals surface area contributed by atoms with Crippen LogP contribution >= 0.6 is 0 Å². The fourth-order valence-corrected chi connectivity index (χ4v) is 0.321. The van der Waals surface area contributed by atoms with E-state index in [1.165, 1.54) is 0 Å². The van der Waals surface area contributed by atoms with Crippen molar-refractivity contribution >= 4 is 0 Å². The molecule has 0 spiro atoms. The van der Waals surface area contributed by atoms with Gasteiger partial charge in [-0.2, -0.15) is 0 Å². The van der Waals surface area contributed by atoms with Gasteiger partial charge in [-0.05, 0) is 6.42 Å². The van der Waals surface area contributed by atoms with Gasteiger partial charge in [0.05, 0.1) is 0 Å². The van der Waals surface area contributed by atoms with Crippen molar-refractivity contribution in [3.63, 3.8) is 0 Å². The zero-order valence-corrected chi connectivity index (χ0v) is 4.39. The molecule has 0 aliphatic carbocycles. The number of hydrogen-bond acceptors (Lipinski definition) is 2. The van der Waals surface area contributed by atoms with Gasteiger partial charge in [0, 0.05) is 6.42 Å². The van der Waals surface area contributed by atoms with E-state index in [0.29, 0.717) is 6.42 Å². The summed E-state index contributed by atoms with van der Waals surface area (Å²) in [4.78, 5) is 0.